The van der Waals surface area contributed by atoms with Gasteiger partial charge in [-0.1, -0.05) is 0 Å². The first-order valence-corrected chi connectivity index (χ1v) is 5.17. The lowest BCUT2D eigenvalue weighted by Crippen LogP contribution is -2.11. The Balaban J connectivity index is 2.85. The zero-order valence-corrected chi connectivity index (χ0v) is 9.94. The lowest BCUT2D eigenvalue weighted by molar-refractivity contribution is -0.131. The second kappa shape index (κ2) is 6.29. The van der Waals surface area contributed by atoms with Crippen LogP contribution in [0.5, 0.6) is 0 Å². The highest BCUT2D eigenvalue weighted by Crippen LogP contribution is 2.19. The van der Waals surface area contributed by atoms with Crippen molar-refractivity contribution in [2.24, 2.45) is 0 Å². The molecular formula is C12H11FN2O4. The summed E-state index contributed by atoms with van der Waals surface area (Å²) in [4.78, 5) is 32.3. The number of halogens is 1. The summed E-state index contributed by atoms with van der Waals surface area (Å²) in [7, 11) is 0. The van der Waals surface area contributed by atoms with Gasteiger partial charge in [0.15, 0.2) is 0 Å². The van der Waals surface area contributed by atoms with Gasteiger partial charge >= 0.3 is 5.97 Å². The van der Waals surface area contributed by atoms with Gasteiger partial charge in [-0.05, 0) is 18.2 Å². The molecule has 0 spiro atoms. The van der Waals surface area contributed by atoms with Crippen LogP contribution in [0, 0.1) is 5.82 Å². The molecule has 100 valence electrons. The number of hydrogen-bond donors (Lipinski definition) is 3. The number of hydrogen-bond acceptors (Lipinski definition) is 3. The third-order valence-electron chi connectivity index (χ3n) is 1.92. The molecule has 0 aromatic heterocycles. The molecule has 0 radical (unpaired) electrons. The largest absolute Gasteiger partial charge is 0.478 e. The molecule has 0 aliphatic rings. The van der Waals surface area contributed by atoms with E-state index in [4.69, 9.17) is 5.11 Å². The first-order valence-electron chi connectivity index (χ1n) is 5.17. The van der Waals surface area contributed by atoms with Crippen LogP contribution < -0.4 is 10.6 Å². The first kappa shape index (κ1) is 14.4. The summed E-state index contributed by atoms with van der Waals surface area (Å²) in [6, 6.07) is 3.63. The van der Waals surface area contributed by atoms with Crippen LogP contribution in [0.2, 0.25) is 0 Å². The molecule has 0 atom stereocenters. The van der Waals surface area contributed by atoms with Crippen molar-refractivity contribution >= 4 is 29.2 Å². The Morgan fingerprint density at radius 1 is 1.21 bits per heavy atom. The van der Waals surface area contributed by atoms with Gasteiger partial charge in [-0.3, -0.25) is 9.59 Å². The van der Waals surface area contributed by atoms with Crippen LogP contribution in [-0.2, 0) is 14.4 Å². The number of benzene rings is 1. The van der Waals surface area contributed by atoms with E-state index in [2.05, 4.69) is 10.6 Å². The van der Waals surface area contributed by atoms with Crippen LogP contribution in [-0.4, -0.2) is 22.9 Å². The van der Waals surface area contributed by atoms with Crippen molar-refractivity contribution in [3.8, 4) is 0 Å². The number of nitrogens with one attached hydrogen (secondary N) is 2. The molecule has 0 bridgehead atoms. The maximum absolute atomic E-state index is 13.4. The lowest BCUT2D eigenvalue weighted by Gasteiger charge is -2.07. The Morgan fingerprint density at radius 3 is 2.47 bits per heavy atom. The second-order valence-corrected chi connectivity index (χ2v) is 3.54. The molecule has 19 heavy (non-hydrogen) atoms. The summed E-state index contributed by atoms with van der Waals surface area (Å²) in [6.45, 7) is 1.29. The predicted molar refractivity (Wildman–Crippen MR) is 66.1 cm³/mol. The molecule has 0 unspecified atom stereocenters. The minimum absolute atomic E-state index is 0.161. The van der Waals surface area contributed by atoms with E-state index >= 15 is 0 Å². The van der Waals surface area contributed by atoms with Crippen molar-refractivity contribution in [3.63, 3.8) is 0 Å². The predicted octanol–water partition coefficient (Wildman–Crippen LogP) is 1.36. The van der Waals surface area contributed by atoms with Crippen molar-refractivity contribution in [2.75, 3.05) is 10.6 Å². The van der Waals surface area contributed by atoms with Gasteiger partial charge in [-0.15, -0.1) is 0 Å². The van der Waals surface area contributed by atoms with E-state index in [-0.39, 0.29) is 11.6 Å². The zero-order valence-electron chi connectivity index (χ0n) is 9.94. The van der Waals surface area contributed by atoms with E-state index in [1.807, 2.05) is 0 Å². The van der Waals surface area contributed by atoms with Gasteiger partial charge in [0.25, 0.3) is 0 Å². The number of carbonyl (C=O) groups excluding carboxylic acids is 2. The third kappa shape index (κ3) is 4.99. The molecule has 3 N–H and O–H groups in total. The Bertz CT molecular complexity index is 555. The Hall–Kier alpha value is -2.70. The number of carbonyl (C=O) groups is 3. The Morgan fingerprint density at radius 2 is 1.89 bits per heavy atom. The van der Waals surface area contributed by atoms with Crippen molar-refractivity contribution in [1.82, 2.24) is 0 Å². The van der Waals surface area contributed by atoms with Crippen LogP contribution in [0.25, 0.3) is 0 Å². The van der Waals surface area contributed by atoms with Crippen LogP contribution in [0.3, 0.4) is 0 Å². The maximum Gasteiger partial charge on any atom is 0.328 e. The van der Waals surface area contributed by atoms with Gasteiger partial charge in [0.2, 0.25) is 11.8 Å². The topological polar surface area (TPSA) is 95.5 Å². The summed E-state index contributed by atoms with van der Waals surface area (Å²) in [5, 5.41) is 12.9. The highest BCUT2D eigenvalue weighted by atomic mass is 19.1. The standard InChI is InChI=1S/C12H11FN2O4/c1-7(16)14-8-2-3-9(13)10(6-8)15-11(17)4-5-12(18)19/h2-6H,1H3,(H,14,16)(H,15,17)(H,18,19)/b5-4+. The summed E-state index contributed by atoms with van der Waals surface area (Å²) < 4.78 is 13.4. The van der Waals surface area contributed by atoms with Crippen LogP contribution >= 0.6 is 0 Å². The fraction of sp³-hybridized carbons (Fsp3) is 0.0833. The average Bonchev–Trinajstić information content (AvgIpc) is 2.30. The van der Waals surface area contributed by atoms with Gasteiger partial charge in [-0.2, -0.15) is 0 Å². The van der Waals surface area contributed by atoms with Gasteiger partial charge in [-0.25, -0.2) is 9.18 Å². The number of carboxylic acid groups (broad SMARTS) is 1. The maximum atomic E-state index is 13.4. The number of carboxylic acids is 1. The molecule has 2 amide bonds. The molecule has 1 aromatic carbocycles. The van der Waals surface area contributed by atoms with Gasteiger partial charge in [0, 0.05) is 24.8 Å². The van der Waals surface area contributed by atoms with Crippen molar-refractivity contribution in [3.05, 3.63) is 36.2 Å². The van der Waals surface area contributed by atoms with Crippen LogP contribution in [0.4, 0.5) is 15.8 Å². The monoisotopic (exact) mass is 266 g/mol. The van der Waals surface area contributed by atoms with E-state index in [1.165, 1.54) is 19.1 Å². The number of aliphatic carboxylic acids is 1. The Kier molecular flexibility index (Phi) is 4.76. The van der Waals surface area contributed by atoms with Crippen LogP contribution in [0.15, 0.2) is 30.4 Å². The first-order chi connectivity index (χ1) is 8.88. The molecule has 0 saturated carbocycles. The fourth-order valence-corrected chi connectivity index (χ4v) is 1.22. The summed E-state index contributed by atoms with van der Waals surface area (Å²) in [5.41, 5.74) is 0.151. The quantitative estimate of drug-likeness (QED) is 0.717. The minimum atomic E-state index is -1.29. The molecule has 1 aromatic rings. The van der Waals surface area contributed by atoms with Gasteiger partial charge in [0.05, 0.1) is 5.69 Å². The van der Waals surface area contributed by atoms with E-state index in [9.17, 15) is 18.8 Å². The van der Waals surface area contributed by atoms with Gasteiger partial charge < -0.3 is 15.7 Å². The summed E-state index contributed by atoms with van der Waals surface area (Å²) >= 11 is 0. The fourth-order valence-electron chi connectivity index (χ4n) is 1.22. The number of anilines is 2. The second-order valence-electron chi connectivity index (χ2n) is 3.54. The SMILES string of the molecule is CC(=O)Nc1ccc(F)c(NC(=O)/C=C/C(=O)O)c1. The van der Waals surface area contributed by atoms with Crippen LogP contribution in [0.1, 0.15) is 6.92 Å². The lowest BCUT2D eigenvalue weighted by atomic mass is 10.2. The molecule has 6 nitrogen and oxygen atoms in total. The minimum Gasteiger partial charge on any atom is -0.478 e. The van der Waals surface area contributed by atoms with Gasteiger partial charge in [0.1, 0.15) is 5.82 Å². The highest BCUT2D eigenvalue weighted by Gasteiger charge is 2.07. The molecule has 1 rings (SSSR count). The van der Waals surface area contributed by atoms with E-state index < -0.39 is 17.7 Å². The number of amides is 2. The highest BCUT2D eigenvalue weighted by molar-refractivity contribution is 6.02. The average molecular weight is 266 g/mol. The molecule has 7 heteroatoms. The molecule has 0 aliphatic heterocycles. The van der Waals surface area contributed by atoms with E-state index in [0.29, 0.717) is 11.8 Å². The molecular weight excluding hydrogens is 255 g/mol. The number of rotatable bonds is 4. The normalized spacial score (nSPS) is 10.2. The van der Waals surface area contributed by atoms with E-state index in [1.54, 1.807) is 0 Å². The van der Waals surface area contributed by atoms with Crippen molar-refractivity contribution in [2.45, 2.75) is 6.92 Å². The Labute approximate surface area is 107 Å². The summed E-state index contributed by atoms with van der Waals surface area (Å²) in [6.07, 6.45) is 1.39. The molecule has 0 aliphatic carbocycles. The summed E-state index contributed by atoms with van der Waals surface area (Å²) in [5.74, 6) is -3.12. The van der Waals surface area contributed by atoms with Crippen molar-refractivity contribution in [1.29, 1.82) is 0 Å². The smallest absolute Gasteiger partial charge is 0.328 e. The molecule has 0 heterocycles. The molecule has 0 fully saturated rings. The molecule has 0 saturated heterocycles. The van der Waals surface area contributed by atoms with Crippen molar-refractivity contribution < 1.29 is 23.9 Å². The third-order valence-corrected chi connectivity index (χ3v) is 1.92. The zero-order chi connectivity index (χ0) is 14.4. The van der Waals surface area contributed by atoms with E-state index in [0.717, 1.165) is 12.1 Å².